The van der Waals surface area contributed by atoms with Crippen molar-refractivity contribution in [2.24, 2.45) is 0 Å². The molecule has 0 unspecified atom stereocenters. The quantitative estimate of drug-likeness (QED) is 0.432. The number of nitrogens with zero attached hydrogens (tertiary/aromatic N) is 3. The zero-order valence-electron chi connectivity index (χ0n) is 18.3. The van der Waals surface area contributed by atoms with Crippen LogP contribution in [0.25, 0.3) is 0 Å². The second kappa shape index (κ2) is 11.5. The molecule has 3 amide bonds. The average Bonchev–Trinajstić information content (AvgIpc) is 3.36. The van der Waals surface area contributed by atoms with Crippen LogP contribution in [0.15, 0.2) is 28.1 Å². The van der Waals surface area contributed by atoms with Gasteiger partial charge in [-0.15, -0.1) is 11.3 Å². The number of halogens is 2. The molecule has 0 aliphatic heterocycles. The maximum absolute atomic E-state index is 13.1. The SMILES string of the molecule is COCCN(Cc1csc(NC(=O)NCc2ccc(Cl)c(Cl)c2)n1)C(=O)c1c(C)noc1C. The Morgan fingerprint density at radius 2 is 2.03 bits per heavy atom. The predicted octanol–water partition coefficient (Wildman–Crippen LogP) is 4.67. The minimum Gasteiger partial charge on any atom is -0.383 e. The lowest BCUT2D eigenvalue weighted by Crippen LogP contribution is -2.34. The van der Waals surface area contributed by atoms with E-state index in [2.05, 4.69) is 20.8 Å². The van der Waals surface area contributed by atoms with Crippen molar-refractivity contribution in [2.45, 2.75) is 26.9 Å². The lowest BCUT2D eigenvalue weighted by molar-refractivity contribution is 0.0676. The predicted molar refractivity (Wildman–Crippen MR) is 127 cm³/mol. The smallest absolute Gasteiger partial charge is 0.321 e. The molecule has 0 spiro atoms. The van der Waals surface area contributed by atoms with Gasteiger partial charge in [-0.05, 0) is 31.5 Å². The number of ether oxygens (including phenoxy) is 1. The van der Waals surface area contributed by atoms with E-state index in [-0.39, 0.29) is 19.0 Å². The van der Waals surface area contributed by atoms with Crippen LogP contribution in [-0.4, -0.2) is 47.2 Å². The zero-order chi connectivity index (χ0) is 24.0. The molecule has 12 heteroatoms. The first-order valence-corrected chi connectivity index (χ1v) is 11.6. The number of carbonyl (C=O) groups excluding carboxylic acids is 2. The molecule has 0 saturated heterocycles. The molecule has 3 rings (SSSR count). The largest absolute Gasteiger partial charge is 0.383 e. The highest BCUT2D eigenvalue weighted by molar-refractivity contribution is 7.13. The Bertz CT molecular complexity index is 1110. The second-order valence-corrected chi connectivity index (χ2v) is 8.79. The summed E-state index contributed by atoms with van der Waals surface area (Å²) in [5, 5.41) is 12.4. The van der Waals surface area contributed by atoms with E-state index in [1.54, 1.807) is 49.4 Å². The van der Waals surface area contributed by atoms with Crippen LogP contribution < -0.4 is 10.6 Å². The van der Waals surface area contributed by atoms with Crippen molar-refractivity contribution in [3.05, 3.63) is 61.9 Å². The standard InChI is InChI=1S/C21H23Cl2N5O4S/c1-12-18(13(2)32-27-12)19(29)28(6-7-31-3)10-15-11-33-21(25-15)26-20(30)24-9-14-4-5-16(22)17(23)8-14/h4-5,8,11H,6-7,9-10H2,1-3H3,(H2,24,25,26,30). The van der Waals surface area contributed by atoms with Gasteiger partial charge in [0.05, 0.1) is 34.6 Å². The number of rotatable bonds is 9. The van der Waals surface area contributed by atoms with Crippen molar-refractivity contribution in [1.29, 1.82) is 0 Å². The van der Waals surface area contributed by atoms with Crippen molar-refractivity contribution >= 4 is 51.6 Å². The molecule has 1 aromatic carbocycles. The number of carbonyl (C=O) groups is 2. The number of hydrogen-bond donors (Lipinski definition) is 2. The third-order valence-corrected chi connectivity index (χ3v) is 6.21. The van der Waals surface area contributed by atoms with Crippen molar-refractivity contribution in [2.75, 3.05) is 25.6 Å². The Morgan fingerprint density at radius 3 is 2.70 bits per heavy atom. The summed E-state index contributed by atoms with van der Waals surface area (Å²) >= 11 is 13.2. The van der Waals surface area contributed by atoms with Gasteiger partial charge >= 0.3 is 6.03 Å². The summed E-state index contributed by atoms with van der Waals surface area (Å²) in [6.45, 7) is 4.67. The third kappa shape index (κ3) is 6.67. The number of urea groups is 1. The molecule has 0 fully saturated rings. The van der Waals surface area contributed by atoms with Gasteiger partial charge in [-0.2, -0.15) is 0 Å². The highest BCUT2D eigenvalue weighted by Crippen LogP contribution is 2.23. The number of thiazole rings is 1. The summed E-state index contributed by atoms with van der Waals surface area (Å²) < 4.78 is 10.3. The highest BCUT2D eigenvalue weighted by Gasteiger charge is 2.24. The van der Waals surface area contributed by atoms with Crippen LogP contribution in [0.3, 0.4) is 0 Å². The fourth-order valence-electron chi connectivity index (χ4n) is 3.01. The summed E-state index contributed by atoms with van der Waals surface area (Å²) in [5.74, 6) is 0.240. The molecule has 176 valence electrons. The number of anilines is 1. The summed E-state index contributed by atoms with van der Waals surface area (Å²) in [5.41, 5.74) is 2.41. The van der Waals surface area contributed by atoms with Gasteiger partial charge in [0.15, 0.2) is 5.13 Å². The second-order valence-electron chi connectivity index (χ2n) is 7.12. The first kappa shape index (κ1) is 25.0. The Morgan fingerprint density at radius 1 is 1.24 bits per heavy atom. The van der Waals surface area contributed by atoms with Gasteiger partial charge in [0.2, 0.25) is 0 Å². The van der Waals surface area contributed by atoms with E-state index >= 15 is 0 Å². The van der Waals surface area contributed by atoms with Crippen LogP contribution >= 0.6 is 34.5 Å². The van der Waals surface area contributed by atoms with Crippen molar-refractivity contribution in [3.8, 4) is 0 Å². The number of aromatic nitrogens is 2. The Kier molecular flexibility index (Phi) is 8.67. The van der Waals surface area contributed by atoms with Gasteiger partial charge in [-0.1, -0.05) is 34.4 Å². The molecule has 9 nitrogen and oxygen atoms in total. The maximum atomic E-state index is 13.1. The van der Waals surface area contributed by atoms with Crippen molar-refractivity contribution < 1.29 is 18.8 Å². The molecular weight excluding hydrogens is 489 g/mol. The van der Waals surface area contributed by atoms with Gasteiger partial charge in [-0.3, -0.25) is 10.1 Å². The average molecular weight is 512 g/mol. The van der Waals surface area contributed by atoms with E-state index in [9.17, 15) is 9.59 Å². The molecule has 33 heavy (non-hydrogen) atoms. The molecule has 0 aliphatic carbocycles. The van der Waals surface area contributed by atoms with Gasteiger partial charge in [0.25, 0.3) is 5.91 Å². The molecule has 0 aliphatic rings. The van der Waals surface area contributed by atoms with Gasteiger partial charge in [0, 0.05) is 25.6 Å². The molecule has 2 aromatic heterocycles. The number of amides is 3. The molecule has 0 atom stereocenters. The fraction of sp³-hybridized carbons (Fsp3) is 0.333. The van der Waals surface area contributed by atoms with Crippen LogP contribution in [0.2, 0.25) is 10.0 Å². The lowest BCUT2D eigenvalue weighted by atomic mass is 10.1. The number of hydrogen-bond acceptors (Lipinski definition) is 7. The first-order valence-electron chi connectivity index (χ1n) is 9.92. The molecule has 0 saturated carbocycles. The molecule has 0 radical (unpaired) electrons. The van der Waals surface area contributed by atoms with Crippen LogP contribution in [0.4, 0.5) is 9.93 Å². The summed E-state index contributed by atoms with van der Waals surface area (Å²) in [4.78, 5) is 31.3. The summed E-state index contributed by atoms with van der Waals surface area (Å²) in [7, 11) is 1.57. The number of nitrogens with one attached hydrogen (secondary N) is 2. The monoisotopic (exact) mass is 511 g/mol. The van der Waals surface area contributed by atoms with Crippen molar-refractivity contribution in [3.63, 3.8) is 0 Å². The highest BCUT2D eigenvalue weighted by atomic mass is 35.5. The van der Waals surface area contributed by atoms with Gasteiger partial charge < -0.3 is 19.5 Å². The van der Waals surface area contributed by atoms with Gasteiger partial charge in [0.1, 0.15) is 11.3 Å². The van der Waals surface area contributed by atoms with Crippen LogP contribution in [-0.2, 0) is 17.8 Å². The van der Waals surface area contributed by atoms with Crippen LogP contribution in [0.1, 0.15) is 33.1 Å². The number of methoxy groups -OCH3 is 1. The van der Waals surface area contributed by atoms with E-state index in [0.717, 1.165) is 5.56 Å². The Labute approximate surface area is 205 Å². The number of benzene rings is 1. The zero-order valence-corrected chi connectivity index (χ0v) is 20.6. The van der Waals surface area contributed by atoms with E-state index < -0.39 is 6.03 Å². The summed E-state index contributed by atoms with van der Waals surface area (Å²) in [6, 6.07) is 4.73. The van der Waals surface area contributed by atoms with Crippen LogP contribution in [0, 0.1) is 13.8 Å². The van der Waals surface area contributed by atoms with Crippen molar-refractivity contribution in [1.82, 2.24) is 20.4 Å². The van der Waals surface area contributed by atoms with E-state index in [1.807, 2.05) is 0 Å². The molecule has 3 aromatic rings. The van der Waals surface area contributed by atoms with Crippen LogP contribution in [0.5, 0.6) is 0 Å². The normalized spacial score (nSPS) is 10.8. The fourth-order valence-corrected chi connectivity index (χ4v) is 4.02. The lowest BCUT2D eigenvalue weighted by Gasteiger charge is -2.21. The third-order valence-electron chi connectivity index (χ3n) is 4.66. The first-order chi connectivity index (χ1) is 15.8. The maximum Gasteiger partial charge on any atom is 0.321 e. The molecule has 2 heterocycles. The number of aryl methyl sites for hydroxylation is 2. The van der Waals surface area contributed by atoms with Gasteiger partial charge in [-0.25, -0.2) is 9.78 Å². The summed E-state index contributed by atoms with van der Waals surface area (Å²) in [6.07, 6.45) is 0. The molecule has 2 N–H and O–H groups in total. The van der Waals surface area contributed by atoms with E-state index in [4.69, 9.17) is 32.5 Å². The Hall–Kier alpha value is -2.66. The minimum absolute atomic E-state index is 0.217. The molecular formula is C21H23Cl2N5O4S. The van der Waals surface area contributed by atoms with E-state index in [1.165, 1.54) is 11.3 Å². The van der Waals surface area contributed by atoms with E-state index in [0.29, 0.717) is 51.0 Å². The Balaban J connectivity index is 1.60. The minimum atomic E-state index is -0.412. The molecule has 0 bridgehead atoms. The topological polar surface area (TPSA) is 110 Å².